The van der Waals surface area contributed by atoms with Crippen LogP contribution in [0.5, 0.6) is 0 Å². The highest BCUT2D eigenvalue weighted by molar-refractivity contribution is 5.93. The van der Waals surface area contributed by atoms with Gasteiger partial charge >= 0.3 is 12.1 Å². The first-order chi connectivity index (χ1) is 11.1. The van der Waals surface area contributed by atoms with Crippen LogP contribution < -0.4 is 5.32 Å². The highest BCUT2D eigenvalue weighted by Gasteiger charge is 2.43. The molecule has 1 heterocycles. The largest absolute Gasteiger partial charge is 0.471 e. The number of alkyl halides is 3. The van der Waals surface area contributed by atoms with Crippen LogP contribution in [0.2, 0.25) is 0 Å². The summed E-state index contributed by atoms with van der Waals surface area (Å²) in [6.45, 7) is -0.562. The predicted molar refractivity (Wildman–Crippen MR) is 70.3 cm³/mol. The van der Waals surface area contributed by atoms with Gasteiger partial charge in [0.1, 0.15) is 0 Å². The van der Waals surface area contributed by atoms with E-state index in [-0.39, 0.29) is 25.9 Å². The lowest BCUT2D eigenvalue weighted by Gasteiger charge is -2.31. The van der Waals surface area contributed by atoms with Crippen LogP contribution in [-0.4, -0.2) is 36.0 Å². The monoisotopic (exact) mass is 354 g/mol. The van der Waals surface area contributed by atoms with Crippen molar-refractivity contribution in [2.75, 3.05) is 18.4 Å². The van der Waals surface area contributed by atoms with E-state index in [0.29, 0.717) is 11.0 Å². The van der Waals surface area contributed by atoms with Gasteiger partial charge in [0.05, 0.1) is 5.69 Å². The van der Waals surface area contributed by atoms with Crippen LogP contribution >= 0.6 is 0 Å². The topological polar surface area (TPSA) is 49.4 Å². The van der Waals surface area contributed by atoms with E-state index in [1.54, 1.807) is 0 Å². The van der Waals surface area contributed by atoms with E-state index in [0.717, 1.165) is 6.07 Å². The molecule has 1 fully saturated rings. The fourth-order valence-corrected chi connectivity index (χ4v) is 2.38. The fraction of sp³-hybridized carbons (Fsp3) is 0.429. The summed E-state index contributed by atoms with van der Waals surface area (Å²) in [5.74, 6) is -8.20. The van der Waals surface area contributed by atoms with Crippen LogP contribution in [0.15, 0.2) is 12.1 Å². The van der Waals surface area contributed by atoms with Crippen LogP contribution in [0.3, 0.4) is 0 Å². The number of nitrogens with one attached hydrogen (secondary N) is 1. The number of halogens is 6. The smallest absolute Gasteiger partial charge is 0.335 e. The molecule has 0 aliphatic carbocycles. The molecule has 0 atom stereocenters. The minimum absolute atomic E-state index is 0.0566. The van der Waals surface area contributed by atoms with E-state index < -0.39 is 47.0 Å². The van der Waals surface area contributed by atoms with Crippen molar-refractivity contribution >= 4 is 17.5 Å². The second-order valence-electron chi connectivity index (χ2n) is 5.28. The number of rotatable bonds is 2. The molecular weight excluding hydrogens is 342 g/mol. The van der Waals surface area contributed by atoms with Gasteiger partial charge in [-0.15, -0.1) is 0 Å². The van der Waals surface area contributed by atoms with E-state index in [9.17, 15) is 35.9 Å². The highest BCUT2D eigenvalue weighted by Crippen LogP contribution is 2.26. The van der Waals surface area contributed by atoms with E-state index >= 15 is 0 Å². The average molecular weight is 354 g/mol. The van der Waals surface area contributed by atoms with Gasteiger partial charge in [-0.1, -0.05) is 0 Å². The third-order valence-electron chi connectivity index (χ3n) is 3.69. The first-order valence-corrected chi connectivity index (χ1v) is 6.91. The molecule has 0 radical (unpaired) electrons. The lowest BCUT2D eigenvalue weighted by atomic mass is 9.95. The standard InChI is InChI=1S/C14H12F6N2O2/c15-8-1-2-9(11(17)10(8)16)21-12(23)7-3-5-22(6-4-7)13(24)14(18,19)20/h1-2,7H,3-6H2,(H,21,23). The highest BCUT2D eigenvalue weighted by atomic mass is 19.4. The zero-order valence-corrected chi connectivity index (χ0v) is 12.1. The molecule has 1 N–H and O–H groups in total. The molecule has 1 saturated heterocycles. The molecule has 2 rings (SSSR count). The maximum absolute atomic E-state index is 13.5. The molecule has 1 aromatic rings. The molecule has 1 aliphatic rings. The number of hydrogen-bond donors (Lipinski definition) is 1. The average Bonchev–Trinajstić information content (AvgIpc) is 2.54. The normalized spacial score (nSPS) is 16.2. The summed E-state index contributed by atoms with van der Waals surface area (Å²) in [6, 6.07) is 1.48. The Balaban J connectivity index is 1.97. The zero-order valence-electron chi connectivity index (χ0n) is 12.1. The molecule has 1 aliphatic heterocycles. The molecule has 0 bridgehead atoms. The van der Waals surface area contributed by atoms with Gasteiger partial charge in [0.15, 0.2) is 17.5 Å². The third-order valence-corrected chi connectivity index (χ3v) is 3.69. The van der Waals surface area contributed by atoms with Crippen LogP contribution in [0, 0.1) is 23.4 Å². The molecule has 0 saturated carbocycles. The van der Waals surface area contributed by atoms with Crippen molar-refractivity contribution in [1.82, 2.24) is 4.90 Å². The Hall–Kier alpha value is -2.26. The Kier molecular flexibility index (Phi) is 5.05. The summed E-state index contributed by atoms with van der Waals surface area (Å²) in [6.07, 6.45) is -5.10. The molecule has 0 unspecified atom stereocenters. The summed E-state index contributed by atoms with van der Waals surface area (Å²) in [4.78, 5) is 23.6. The second-order valence-corrected chi connectivity index (χ2v) is 5.28. The van der Waals surface area contributed by atoms with E-state index in [2.05, 4.69) is 5.32 Å². The number of hydrogen-bond acceptors (Lipinski definition) is 2. The molecule has 1 aromatic carbocycles. The fourth-order valence-electron chi connectivity index (χ4n) is 2.38. The molecule has 24 heavy (non-hydrogen) atoms. The Morgan fingerprint density at radius 2 is 1.62 bits per heavy atom. The number of carbonyl (C=O) groups excluding carboxylic acids is 2. The number of amides is 2. The van der Waals surface area contributed by atoms with Gasteiger partial charge in [0, 0.05) is 19.0 Å². The number of carbonyl (C=O) groups is 2. The molecule has 132 valence electrons. The van der Waals surface area contributed by atoms with Gasteiger partial charge in [0.25, 0.3) is 0 Å². The van der Waals surface area contributed by atoms with Crippen molar-refractivity contribution in [3.63, 3.8) is 0 Å². The summed E-state index contributed by atoms with van der Waals surface area (Å²) in [5.41, 5.74) is -0.562. The summed E-state index contributed by atoms with van der Waals surface area (Å²) >= 11 is 0. The minimum Gasteiger partial charge on any atom is -0.335 e. The first kappa shape index (κ1) is 18.1. The molecule has 10 heteroatoms. The Morgan fingerprint density at radius 3 is 2.17 bits per heavy atom. The van der Waals surface area contributed by atoms with Gasteiger partial charge in [-0.3, -0.25) is 9.59 Å². The number of piperidine rings is 1. The van der Waals surface area contributed by atoms with Crippen LogP contribution in [0.4, 0.5) is 32.0 Å². The third kappa shape index (κ3) is 3.80. The van der Waals surface area contributed by atoms with Crippen molar-refractivity contribution in [3.8, 4) is 0 Å². The van der Waals surface area contributed by atoms with Crippen LogP contribution in [0.25, 0.3) is 0 Å². The van der Waals surface area contributed by atoms with Crippen LogP contribution in [-0.2, 0) is 9.59 Å². The Labute approximate surface area is 132 Å². The quantitative estimate of drug-likeness (QED) is 0.656. The Bertz CT molecular complexity index is 653. The first-order valence-electron chi connectivity index (χ1n) is 6.91. The SMILES string of the molecule is O=C(Nc1ccc(F)c(F)c1F)C1CCN(C(=O)C(F)(F)F)CC1. The number of benzene rings is 1. The van der Waals surface area contributed by atoms with Gasteiger partial charge in [-0.2, -0.15) is 13.2 Å². The van der Waals surface area contributed by atoms with E-state index in [4.69, 9.17) is 0 Å². The molecule has 4 nitrogen and oxygen atoms in total. The van der Waals surface area contributed by atoms with Gasteiger partial charge in [0.2, 0.25) is 5.91 Å². The maximum Gasteiger partial charge on any atom is 0.471 e. The number of likely N-dealkylation sites (tertiary alicyclic amines) is 1. The lowest BCUT2D eigenvalue weighted by Crippen LogP contribution is -2.46. The molecule has 0 spiro atoms. The van der Waals surface area contributed by atoms with Crippen molar-refractivity contribution in [2.45, 2.75) is 19.0 Å². The maximum atomic E-state index is 13.5. The van der Waals surface area contributed by atoms with Gasteiger partial charge in [-0.05, 0) is 25.0 Å². The summed E-state index contributed by atoms with van der Waals surface area (Å²) < 4.78 is 76.3. The van der Waals surface area contributed by atoms with E-state index in [1.165, 1.54) is 0 Å². The van der Waals surface area contributed by atoms with Crippen molar-refractivity contribution < 1.29 is 35.9 Å². The van der Waals surface area contributed by atoms with Crippen LogP contribution in [0.1, 0.15) is 12.8 Å². The van der Waals surface area contributed by atoms with Crippen molar-refractivity contribution in [1.29, 1.82) is 0 Å². The molecular formula is C14H12F6N2O2. The minimum atomic E-state index is -4.98. The molecule has 0 aromatic heterocycles. The second kappa shape index (κ2) is 6.70. The lowest BCUT2D eigenvalue weighted by molar-refractivity contribution is -0.186. The summed E-state index contributed by atoms with van der Waals surface area (Å²) in [5, 5.41) is 2.08. The van der Waals surface area contributed by atoms with Crippen molar-refractivity contribution in [2.24, 2.45) is 5.92 Å². The number of anilines is 1. The number of nitrogens with zero attached hydrogens (tertiary/aromatic N) is 1. The molecule has 2 amide bonds. The zero-order chi connectivity index (χ0) is 18.1. The predicted octanol–water partition coefficient (Wildman–Crippen LogP) is 2.84. The van der Waals surface area contributed by atoms with E-state index in [1.807, 2.05) is 0 Å². The Morgan fingerprint density at radius 1 is 1.04 bits per heavy atom. The van der Waals surface area contributed by atoms with Gasteiger partial charge < -0.3 is 10.2 Å². The van der Waals surface area contributed by atoms with Gasteiger partial charge in [-0.25, -0.2) is 13.2 Å². The van der Waals surface area contributed by atoms with Crippen molar-refractivity contribution in [3.05, 3.63) is 29.6 Å². The summed E-state index contributed by atoms with van der Waals surface area (Å²) in [7, 11) is 0.